The molecule has 0 spiro atoms. The summed E-state index contributed by atoms with van der Waals surface area (Å²) in [5, 5.41) is 14.9. The standard InChI is InChI=1S/C25H40N2O3S/c1-3-4-15-30-18-25(2,29)23(24(28)27-14-16-31-19-27)17-20-10-12-22(13-11-20)26-21-8-6-5-7-9-21/h5-9,20,22-23,26,29H,3-4,10-19H2,1-2H3/t20?,22?,23-,25?/m1/s1. The van der Waals surface area contributed by atoms with Gasteiger partial charge in [-0.15, -0.1) is 11.8 Å². The van der Waals surface area contributed by atoms with Gasteiger partial charge in [0.15, 0.2) is 0 Å². The van der Waals surface area contributed by atoms with E-state index in [0.29, 0.717) is 18.6 Å². The van der Waals surface area contributed by atoms with Crippen molar-refractivity contribution in [3.8, 4) is 0 Å². The first-order valence-corrected chi connectivity index (χ1v) is 13.1. The first kappa shape index (κ1) is 24.4. The normalized spacial score (nSPS) is 24.5. The molecule has 1 saturated heterocycles. The minimum Gasteiger partial charge on any atom is -0.387 e. The molecule has 0 bridgehead atoms. The Morgan fingerprint density at radius 3 is 2.68 bits per heavy atom. The van der Waals surface area contributed by atoms with Crippen LogP contribution in [0.25, 0.3) is 0 Å². The van der Waals surface area contributed by atoms with Gasteiger partial charge in [-0.2, -0.15) is 0 Å². The molecule has 1 aliphatic heterocycles. The number of hydrogen-bond donors (Lipinski definition) is 2. The van der Waals surface area contributed by atoms with Crippen LogP contribution in [-0.2, 0) is 9.53 Å². The summed E-state index contributed by atoms with van der Waals surface area (Å²) < 4.78 is 5.77. The molecule has 2 N–H and O–H groups in total. The van der Waals surface area contributed by atoms with Crippen LogP contribution < -0.4 is 5.32 Å². The van der Waals surface area contributed by atoms with E-state index in [-0.39, 0.29) is 12.5 Å². The van der Waals surface area contributed by atoms with Gasteiger partial charge in [0.1, 0.15) is 0 Å². The zero-order valence-corrected chi connectivity index (χ0v) is 20.0. The second kappa shape index (κ2) is 12.1. The maximum absolute atomic E-state index is 13.3. The molecule has 2 aliphatic rings. The summed E-state index contributed by atoms with van der Waals surface area (Å²) in [7, 11) is 0. The minimum absolute atomic E-state index is 0.110. The SMILES string of the molecule is CCCCOCC(C)(O)[C@H](CC1CCC(Nc2ccccc2)CC1)C(=O)N1CCSC1. The van der Waals surface area contributed by atoms with Gasteiger partial charge in [-0.1, -0.05) is 31.5 Å². The average molecular weight is 449 g/mol. The zero-order chi connectivity index (χ0) is 22.1. The van der Waals surface area contributed by atoms with E-state index >= 15 is 0 Å². The van der Waals surface area contributed by atoms with Crippen LogP contribution >= 0.6 is 11.8 Å². The summed E-state index contributed by atoms with van der Waals surface area (Å²) in [6.45, 7) is 5.59. The number of anilines is 1. The summed E-state index contributed by atoms with van der Waals surface area (Å²) in [6.07, 6.45) is 7.20. The fourth-order valence-electron chi connectivity index (χ4n) is 4.70. The van der Waals surface area contributed by atoms with Crippen LogP contribution in [0.3, 0.4) is 0 Å². The molecule has 0 radical (unpaired) electrons. The zero-order valence-electron chi connectivity index (χ0n) is 19.2. The van der Waals surface area contributed by atoms with E-state index in [0.717, 1.165) is 63.1 Å². The molecule has 1 unspecified atom stereocenters. The average Bonchev–Trinajstić information content (AvgIpc) is 3.31. The number of ether oxygens (including phenoxy) is 1. The smallest absolute Gasteiger partial charge is 0.229 e. The molecule has 0 aromatic heterocycles. The van der Waals surface area contributed by atoms with Crippen molar-refractivity contribution in [3.63, 3.8) is 0 Å². The summed E-state index contributed by atoms with van der Waals surface area (Å²) in [5.41, 5.74) is 0.0507. The predicted molar refractivity (Wildman–Crippen MR) is 129 cm³/mol. The number of para-hydroxylation sites is 1. The van der Waals surface area contributed by atoms with Gasteiger partial charge in [0.05, 0.1) is 24.0 Å². The fourth-order valence-corrected chi connectivity index (χ4v) is 5.66. The van der Waals surface area contributed by atoms with Crippen LogP contribution in [-0.4, -0.2) is 58.9 Å². The first-order chi connectivity index (χ1) is 15.0. The van der Waals surface area contributed by atoms with E-state index in [2.05, 4.69) is 36.5 Å². The fraction of sp³-hybridized carbons (Fsp3) is 0.720. The molecule has 1 aromatic rings. The third kappa shape index (κ3) is 7.40. The van der Waals surface area contributed by atoms with E-state index < -0.39 is 11.5 Å². The van der Waals surface area contributed by atoms with Gasteiger partial charge in [0.2, 0.25) is 5.91 Å². The van der Waals surface area contributed by atoms with Crippen molar-refractivity contribution in [2.24, 2.45) is 11.8 Å². The molecule has 1 saturated carbocycles. The quantitative estimate of drug-likeness (QED) is 0.478. The number of nitrogens with zero attached hydrogens (tertiary/aromatic N) is 1. The second-order valence-corrected chi connectivity index (χ2v) is 10.5. The highest BCUT2D eigenvalue weighted by molar-refractivity contribution is 7.99. The molecule has 3 rings (SSSR count). The van der Waals surface area contributed by atoms with Gasteiger partial charge >= 0.3 is 0 Å². The van der Waals surface area contributed by atoms with Crippen molar-refractivity contribution in [1.82, 2.24) is 4.90 Å². The number of benzene rings is 1. The van der Waals surface area contributed by atoms with Crippen molar-refractivity contribution in [2.75, 3.05) is 36.7 Å². The van der Waals surface area contributed by atoms with E-state index in [1.54, 1.807) is 18.7 Å². The molecule has 1 aromatic carbocycles. The third-order valence-electron chi connectivity index (χ3n) is 6.71. The number of carbonyl (C=O) groups excluding carboxylic acids is 1. The third-order valence-corrected chi connectivity index (χ3v) is 7.68. The van der Waals surface area contributed by atoms with Gasteiger partial charge < -0.3 is 20.1 Å². The minimum atomic E-state index is -1.13. The van der Waals surface area contributed by atoms with E-state index in [1.165, 1.54) is 5.69 Å². The molecule has 2 atom stereocenters. The number of thioether (sulfide) groups is 1. The number of carbonyl (C=O) groups is 1. The van der Waals surface area contributed by atoms with Crippen LogP contribution in [0.2, 0.25) is 0 Å². The molecule has 1 aliphatic carbocycles. The second-order valence-electron chi connectivity index (χ2n) is 9.42. The highest BCUT2D eigenvalue weighted by Crippen LogP contribution is 2.36. The molecule has 1 heterocycles. The summed E-state index contributed by atoms with van der Waals surface area (Å²) >= 11 is 1.79. The number of aliphatic hydroxyl groups is 1. The Hall–Kier alpha value is -1.24. The largest absolute Gasteiger partial charge is 0.387 e. The Balaban J connectivity index is 1.57. The number of nitrogens with one attached hydrogen (secondary N) is 1. The Kier molecular flexibility index (Phi) is 9.54. The highest BCUT2D eigenvalue weighted by atomic mass is 32.2. The maximum atomic E-state index is 13.3. The van der Waals surface area contributed by atoms with Crippen molar-refractivity contribution in [3.05, 3.63) is 30.3 Å². The number of rotatable bonds is 11. The molecular formula is C25H40N2O3S. The van der Waals surface area contributed by atoms with E-state index in [4.69, 9.17) is 4.74 Å². The Bertz CT molecular complexity index is 656. The van der Waals surface area contributed by atoms with Crippen LogP contribution in [0.15, 0.2) is 30.3 Å². The van der Waals surface area contributed by atoms with E-state index in [1.807, 2.05) is 11.0 Å². The highest BCUT2D eigenvalue weighted by Gasteiger charge is 2.42. The van der Waals surface area contributed by atoms with Crippen LogP contribution in [0.5, 0.6) is 0 Å². The topological polar surface area (TPSA) is 61.8 Å². The van der Waals surface area contributed by atoms with Crippen molar-refractivity contribution >= 4 is 23.4 Å². The van der Waals surface area contributed by atoms with E-state index in [9.17, 15) is 9.90 Å². The van der Waals surface area contributed by atoms with Gasteiger partial charge in [-0.3, -0.25) is 4.79 Å². The molecule has 6 heteroatoms. The number of amides is 1. The van der Waals surface area contributed by atoms with Crippen LogP contribution in [0.4, 0.5) is 5.69 Å². The first-order valence-electron chi connectivity index (χ1n) is 12.0. The number of hydrogen-bond acceptors (Lipinski definition) is 5. The van der Waals surface area contributed by atoms with Crippen LogP contribution in [0.1, 0.15) is 58.8 Å². The molecule has 5 nitrogen and oxygen atoms in total. The molecule has 31 heavy (non-hydrogen) atoms. The summed E-state index contributed by atoms with van der Waals surface area (Å²) in [6, 6.07) is 10.9. The van der Waals surface area contributed by atoms with Gasteiger partial charge in [-0.25, -0.2) is 0 Å². The van der Waals surface area contributed by atoms with Crippen LogP contribution in [0, 0.1) is 11.8 Å². The number of unbranched alkanes of at least 4 members (excludes halogenated alkanes) is 1. The lowest BCUT2D eigenvalue weighted by atomic mass is 9.75. The lowest BCUT2D eigenvalue weighted by molar-refractivity contribution is -0.150. The van der Waals surface area contributed by atoms with Crippen molar-refractivity contribution in [2.45, 2.75) is 70.4 Å². The Morgan fingerprint density at radius 1 is 1.29 bits per heavy atom. The molecular weight excluding hydrogens is 408 g/mol. The molecule has 1 amide bonds. The van der Waals surface area contributed by atoms with Gasteiger partial charge in [0.25, 0.3) is 0 Å². The van der Waals surface area contributed by atoms with Crippen molar-refractivity contribution in [1.29, 1.82) is 0 Å². The van der Waals surface area contributed by atoms with Crippen molar-refractivity contribution < 1.29 is 14.6 Å². The Morgan fingerprint density at radius 2 is 2.03 bits per heavy atom. The van der Waals surface area contributed by atoms with Gasteiger partial charge in [0, 0.05) is 30.6 Å². The monoisotopic (exact) mass is 448 g/mol. The predicted octanol–water partition coefficient (Wildman–Crippen LogP) is 4.76. The lowest BCUT2D eigenvalue weighted by Gasteiger charge is -2.38. The maximum Gasteiger partial charge on any atom is 0.229 e. The lowest BCUT2D eigenvalue weighted by Crippen LogP contribution is -2.49. The summed E-state index contributed by atoms with van der Waals surface area (Å²) in [5.74, 6) is 1.93. The molecule has 174 valence electrons. The Labute approximate surface area is 192 Å². The summed E-state index contributed by atoms with van der Waals surface area (Å²) in [4.78, 5) is 15.3. The van der Waals surface area contributed by atoms with Gasteiger partial charge in [-0.05, 0) is 63.5 Å². The molecule has 2 fully saturated rings.